The molecule has 2 fully saturated rings. The normalized spacial score (nSPS) is 35.4. The van der Waals surface area contributed by atoms with Gasteiger partial charge in [-0.15, -0.1) is 0 Å². The Morgan fingerprint density at radius 1 is 1.25 bits per heavy atom. The topological polar surface area (TPSA) is 46.3 Å². The number of nitrogens with zero attached hydrogens (tertiary/aromatic N) is 1. The first-order valence-electron chi connectivity index (χ1n) is 6.80. The Morgan fingerprint density at radius 2 is 2.00 bits per heavy atom. The van der Waals surface area contributed by atoms with Crippen molar-refractivity contribution in [2.24, 2.45) is 11.7 Å². The molecule has 1 saturated heterocycles. The minimum Gasteiger partial charge on any atom is -0.339 e. The van der Waals surface area contributed by atoms with Gasteiger partial charge in [0.05, 0.1) is 5.92 Å². The summed E-state index contributed by atoms with van der Waals surface area (Å²) in [6, 6.07) is 0.598. The van der Waals surface area contributed by atoms with Gasteiger partial charge in [0.2, 0.25) is 5.91 Å². The number of amides is 1. The number of carbonyl (C=O) groups excluding carboxylic acids is 1. The molecule has 0 spiro atoms. The van der Waals surface area contributed by atoms with Gasteiger partial charge in [0.15, 0.2) is 0 Å². The molecule has 3 nitrogen and oxygen atoms in total. The number of rotatable bonds is 2. The summed E-state index contributed by atoms with van der Waals surface area (Å²) in [5, 5.41) is 0. The summed E-state index contributed by atoms with van der Waals surface area (Å²) in [6.45, 7) is 3.14. The number of carbonyl (C=O) groups is 1. The molecule has 3 heteroatoms. The van der Waals surface area contributed by atoms with Crippen LogP contribution in [0.5, 0.6) is 0 Å². The molecular weight excluding hydrogens is 200 g/mol. The Kier molecular flexibility index (Phi) is 3.85. The molecule has 3 unspecified atom stereocenters. The average Bonchev–Trinajstić information content (AvgIpc) is 2.77. The Hall–Kier alpha value is -0.570. The molecule has 2 N–H and O–H groups in total. The standard InChI is InChI=1S/C13H24N2O/c1-2-10-6-5-9-15(10)13(16)11-7-3-4-8-12(11)14/h10-12H,2-9,14H2,1H3. The lowest BCUT2D eigenvalue weighted by atomic mass is 9.84. The highest BCUT2D eigenvalue weighted by molar-refractivity contribution is 5.80. The van der Waals surface area contributed by atoms with E-state index in [9.17, 15) is 4.79 Å². The molecule has 1 saturated carbocycles. The van der Waals surface area contributed by atoms with E-state index in [4.69, 9.17) is 5.73 Å². The van der Waals surface area contributed by atoms with Crippen LogP contribution < -0.4 is 5.73 Å². The third-order valence-electron chi connectivity index (χ3n) is 4.27. The molecule has 0 bridgehead atoms. The summed E-state index contributed by atoms with van der Waals surface area (Å²) in [5.74, 6) is 0.456. The van der Waals surface area contributed by atoms with Crippen molar-refractivity contribution >= 4 is 5.91 Å². The van der Waals surface area contributed by atoms with Crippen molar-refractivity contribution in [2.75, 3.05) is 6.54 Å². The molecule has 0 aromatic heterocycles. The van der Waals surface area contributed by atoms with Gasteiger partial charge in [-0.1, -0.05) is 19.8 Å². The number of likely N-dealkylation sites (tertiary alicyclic amines) is 1. The van der Waals surface area contributed by atoms with E-state index in [0.29, 0.717) is 11.9 Å². The highest BCUT2D eigenvalue weighted by Gasteiger charge is 2.35. The second kappa shape index (κ2) is 5.17. The zero-order valence-corrected chi connectivity index (χ0v) is 10.3. The summed E-state index contributed by atoms with van der Waals surface area (Å²) < 4.78 is 0. The van der Waals surface area contributed by atoms with Crippen LogP contribution in [-0.4, -0.2) is 29.4 Å². The molecule has 0 radical (unpaired) electrons. The summed E-state index contributed by atoms with van der Waals surface area (Å²) in [6.07, 6.45) is 7.86. The highest BCUT2D eigenvalue weighted by atomic mass is 16.2. The lowest BCUT2D eigenvalue weighted by Gasteiger charge is -2.33. The summed E-state index contributed by atoms with van der Waals surface area (Å²) in [7, 11) is 0. The van der Waals surface area contributed by atoms with E-state index in [1.165, 1.54) is 25.7 Å². The van der Waals surface area contributed by atoms with E-state index >= 15 is 0 Å². The van der Waals surface area contributed by atoms with E-state index in [2.05, 4.69) is 11.8 Å². The molecular formula is C13H24N2O. The van der Waals surface area contributed by atoms with Crippen molar-refractivity contribution in [1.29, 1.82) is 0 Å². The third kappa shape index (κ3) is 2.24. The second-order valence-corrected chi connectivity index (χ2v) is 5.29. The van der Waals surface area contributed by atoms with Crippen LogP contribution in [0.3, 0.4) is 0 Å². The van der Waals surface area contributed by atoms with Gasteiger partial charge in [0, 0.05) is 18.6 Å². The van der Waals surface area contributed by atoms with Crippen LogP contribution in [0.15, 0.2) is 0 Å². The lowest BCUT2D eigenvalue weighted by molar-refractivity contribution is -0.138. The van der Waals surface area contributed by atoms with Gasteiger partial charge in [-0.05, 0) is 32.1 Å². The first kappa shape index (κ1) is 11.9. The van der Waals surface area contributed by atoms with E-state index < -0.39 is 0 Å². The van der Waals surface area contributed by atoms with Crippen LogP contribution in [0, 0.1) is 5.92 Å². The molecule has 3 atom stereocenters. The summed E-state index contributed by atoms with van der Waals surface area (Å²) in [4.78, 5) is 14.5. The van der Waals surface area contributed by atoms with Crippen molar-refractivity contribution in [2.45, 2.75) is 64.0 Å². The molecule has 1 aliphatic carbocycles. The molecule has 0 aromatic rings. The van der Waals surface area contributed by atoms with Gasteiger partial charge >= 0.3 is 0 Å². The van der Waals surface area contributed by atoms with Crippen molar-refractivity contribution in [1.82, 2.24) is 4.90 Å². The maximum atomic E-state index is 12.4. The van der Waals surface area contributed by atoms with Gasteiger partial charge in [-0.2, -0.15) is 0 Å². The van der Waals surface area contributed by atoms with Crippen LogP contribution in [-0.2, 0) is 4.79 Å². The Labute approximate surface area is 98.4 Å². The maximum absolute atomic E-state index is 12.4. The van der Waals surface area contributed by atoms with Crippen molar-refractivity contribution in [3.8, 4) is 0 Å². The average molecular weight is 224 g/mol. The second-order valence-electron chi connectivity index (χ2n) is 5.29. The minimum atomic E-state index is 0.111. The SMILES string of the molecule is CCC1CCCN1C(=O)C1CCCCC1N. The van der Waals surface area contributed by atoms with Crippen LogP contribution in [0.4, 0.5) is 0 Å². The fraction of sp³-hybridized carbons (Fsp3) is 0.923. The molecule has 1 amide bonds. The Balaban J connectivity index is 2.00. The van der Waals surface area contributed by atoms with E-state index in [-0.39, 0.29) is 12.0 Å². The number of hydrogen-bond acceptors (Lipinski definition) is 2. The quantitative estimate of drug-likeness (QED) is 0.778. The van der Waals surface area contributed by atoms with Crippen molar-refractivity contribution in [3.05, 3.63) is 0 Å². The van der Waals surface area contributed by atoms with Gasteiger partial charge in [0.25, 0.3) is 0 Å². The van der Waals surface area contributed by atoms with Gasteiger partial charge in [-0.3, -0.25) is 4.79 Å². The predicted molar refractivity (Wildman–Crippen MR) is 65.0 cm³/mol. The molecule has 16 heavy (non-hydrogen) atoms. The smallest absolute Gasteiger partial charge is 0.227 e. The zero-order chi connectivity index (χ0) is 11.5. The van der Waals surface area contributed by atoms with E-state index in [1.54, 1.807) is 0 Å². The Bertz CT molecular complexity index is 250. The van der Waals surface area contributed by atoms with E-state index in [1.807, 2.05) is 0 Å². The fourth-order valence-electron chi connectivity index (χ4n) is 3.23. The molecule has 1 heterocycles. The molecule has 92 valence electrons. The molecule has 2 aliphatic rings. The first-order chi connectivity index (χ1) is 7.74. The first-order valence-corrected chi connectivity index (χ1v) is 6.80. The van der Waals surface area contributed by atoms with Crippen molar-refractivity contribution < 1.29 is 4.79 Å². The predicted octanol–water partition coefficient (Wildman–Crippen LogP) is 1.90. The van der Waals surface area contributed by atoms with Gasteiger partial charge in [0.1, 0.15) is 0 Å². The summed E-state index contributed by atoms with van der Waals surface area (Å²) in [5.41, 5.74) is 6.09. The van der Waals surface area contributed by atoms with Crippen LogP contribution in [0.1, 0.15) is 51.9 Å². The Morgan fingerprint density at radius 3 is 2.69 bits per heavy atom. The maximum Gasteiger partial charge on any atom is 0.227 e. The van der Waals surface area contributed by atoms with Crippen LogP contribution >= 0.6 is 0 Å². The van der Waals surface area contributed by atoms with Gasteiger partial charge in [-0.25, -0.2) is 0 Å². The number of nitrogens with two attached hydrogens (primary N) is 1. The minimum absolute atomic E-state index is 0.111. The number of hydrogen-bond donors (Lipinski definition) is 1. The molecule has 2 rings (SSSR count). The van der Waals surface area contributed by atoms with Crippen LogP contribution in [0.2, 0.25) is 0 Å². The largest absolute Gasteiger partial charge is 0.339 e. The molecule has 1 aliphatic heterocycles. The summed E-state index contributed by atoms with van der Waals surface area (Å²) >= 11 is 0. The zero-order valence-electron chi connectivity index (χ0n) is 10.3. The van der Waals surface area contributed by atoms with Gasteiger partial charge < -0.3 is 10.6 Å². The van der Waals surface area contributed by atoms with Crippen molar-refractivity contribution in [3.63, 3.8) is 0 Å². The highest BCUT2D eigenvalue weighted by Crippen LogP contribution is 2.28. The monoisotopic (exact) mass is 224 g/mol. The fourth-order valence-corrected chi connectivity index (χ4v) is 3.23. The molecule has 0 aromatic carbocycles. The third-order valence-corrected chi connectivity index (χ3v) is 4.27. The lowest BCUT2D eigenvalue weighted by Crippen LogP contribution is -2.47. The van der Waals surface area contributed by atoms with E-state index in [0.717, 1.165) is 25.8 Å². The van der Waals surface area contributed by atoms with Crippen LogP contribution in [0.25, 0.3) is 0 Å².